The first-order valence-electron chi connectivity index (χ1n) is 10.6. The molecule has 1 aromatic carbocycles. The molecule has 0 unspecified atom stereocenters. The van der Waals surface area contributed by atoms with Crippen molar-refractivity contribution in [2.75, 3.05) is 14.2 Å². The number of hydrogen-bond donors (Lipinski definition) is 0. The molecule has 1 fully saturated rings. The zero-order valence-corrected chi connectivity index (χ0v) is 17.7. The molecule has 2 aromatic heterocycles. The van der Waals surface area contributed by atoms with Crippen LogP contribution in [-0.2, 0) is 6.54 Å². The van der Waals surface area contributed by atoms with E-state index in [9.17, 15) is 4.79 Å². The molecular weight excluding hydrogens is 394 g/mol. The highest BCUT2D eigenvalue weighted by atomic mass is 16.5. The minimum atomic E-state index is -0.0422. The molecule has 2 atom stereocenters. The Bertz CT molecular complexity index is 1100. The van der Waals surface area contributed by atoms with Crippen LogP contribution in [0.25, 0.3) is 11.4 Å². The maximum atomic E-state index is 13.3. The highest BCUT2D eigenvalue weighted by Crippen LogP contribution is 2.41. The van der Waals surface area contributed by atoms with E-state index in [1.165, 1.54) is 0 Å². The van der Waals surface area contributed by atoms with Crippen LogP contribution in [0.3, 0.4) is 0 Å². The van der Waals surface area contributed by atoms with Gasteiger partial charge in [0.15, 0.2) is 23.1 Å². The number of nitrogens with zero attached hydrogens (tertiary/aromatic N) is 5. The Kier molecular flexibility index (Phi) is 5.05. The van der Waals surface area contributed by atoms with E-state index in [0.29, 0.717) is 23.7 Å². The first-order valence-corrected chi connectivity index (χ1v) is 10.6. The van der Waals surface area contributed by atoms with Gasteiger partial charge < -0.3 is 18.9 Å². The molecule has 8 heteroatoms. The van der Waals surface area contributed by atoms with Gasteiger partial charge in [-0.25, -0.2) is 0 Å². The predicted octanol–water partition coefficient (Wildman–Crippen LogP) is 3.50. The summed E-state index contributed by atoms with van der Waals surface area (Å²) in [5.41, 5.74) is 1.39. The van der Waals surface area contributed by atoms with Crippen LogP contribution in [0.1, 0.15) is 48.0 Å². The topological polar surface area (TPSA) is 82.4 Å². The molecule has 5 rings (SSSR count). The number of pyridine rings is 1. The molecule has 0 spiro atoms. The van der Waals surface area contributed by atoms with E-state index in [1.807, 2.05) is 35.2 Å². The molecule has 0 N–H and O–H groups in total. The van der Waals surface area contributed by atoms with Gasteiger partial charge >= 0.3 is 0 Å². The minimum Gasteiger partial charge on any atom is -0.493 e. The zero-order chi connectivity index (χ0) is 21.4. The van der Waals surface area contributed by atoms with Crippen molar-refractivity contribution in [2.24, 2.45) is 0 Å². The molecule has 2 aliphatic rings. The Hall–Kier alpha value is -3.42. The molecule has 0 saturated heterocycles. The van der Waals surface area contributed by atoms with Crippen molar-refractivity contribution in [3.8, 4) is 22.9 Å². The predicted molar refractivity (Wildman–Crippen MR) is 114 cm³/mol. The van der Waals surface area contributed by atoms with Gasteiger partial charge in [0.2, 0.25) is 0 Å². The van der Waals surface area contributed by atoms with Gasteiger partial charge in [-0.15, -0.1) is 10.2 Å². The van der Waals surface area contributed by atoms with Gasteiger partial charge in [0.25, 0.3) is 5.91 Å². The summed E-state index contributed by atoms with van der Waals surface area (Å²) in [5, 5.41) is 8.99. The maximum absolute atomic E-state index is 13.3. The molecule has 3 heterocycles. The van der Waals surface area contributed by atoms with Gasteiger partial charge in [-0.05, 0) is 43.2 Å². The van der Waals surface area contributed by atoms with Crippen LogP contribution in [0.2, 0.25) is 0 Å². The van der Waals surface area contributed by atoms with Crippen LogP contribution < -0.4 is 9.47 Å². The fraction of sp³-hybridized carbons (Fsp3) is 0.391. The van der Waals surface area contributed by atoms with Crippen LogP contribution in [0.15, 0.2) is 42.6 Å². The van der Waals surface area contributed by atoms with Crippen molar-refractivity contribution in [1.29, 1.82) is 0 Å². The minimum absolute atomic E-state index is 0.0422. The van der Waals surface area contributed by atoms with E-state index in [-0.39, 0.29) is 18.0 Å². The monoisotopic (exact) mass is 419 g/mol. The number of amides is 1. The number of ether oxygens (including phenoxy) is 2. The number of fused-ring (bicyclic) bond motifs is 3. The van der Waals surface area contributed by atoms with Gasteiger partial charge in [0, 0.05) is 11.8 Å². The highest BCUT2D eigenvalue weighted by Gasteiger charge is 2.41. The summed E-state index contributed by atoms with van der Waals surface area (Å²) in [6.07, 6.45) is 5.84. The largest absolute Gasteiger partial charge is 0.493 e. The highest BCUT2D eigenvalue weighted by molar-refractivity contribution is 5.92. The molecule has 8 nitrogen and oxygen atoms in total. The Morgan fingerprint density at radius 2 is 1.81 bits per heavy atom. The van der Waals surface area contributed by atoms with Gasteiger partial charge in [-0.1, -0.05) is 18.9 Å². The molecule has 160 valence electrons. The fourth-order valence-electron chi connectivity index (χ4n) is 4.84. The lowest BCUT2D eigenvalue weighted by molar-refractivity contribution is 0.0415. The lowest BCUT2D eigenvalue weighted by atomic mass is 9.87. The van der Waals surface area contributed by atoms with Crippen LogP contribution in [0.5, 0.6) is 11.5 Å². The zero-order valence-electron chi connectivity index (χ0n) is 17.7. The van der Waals surface area contributed by atoms with Crippen LogP contribution in [0, 0.1) is 0 Å². The van der Waals surface area contributed by atoms with Gasteiger partial charge in [0.1, 0.15) is 5.69 Å². The van der Waals surface area contributed by atoms with Gasteiger partial charge in [-0.2, -0.15) is 0 Å². The van der Waals surface area contributed by atoms with Crippen LogP contribution in [-0.4, -0.2) is 50.8 Å². The second-order valence-electron chi connectivity index (χ2n) is 7.95. The molecule has 3 aromatic rings. The summed E-state index contributed by atoms with van der Waals surface area (Å²) >= 11 is 0. The quantitative estimate of drug-likeness (QED) is 0.644. The summed E-state index contributed by atoms with van der Waals surface area (Å²) in [6, 6.07) is 11.5. The second-order valence-corrected chi connectivity index (χ2v) is 7.95. The third-order valence-corrected chi connectivity index (χ3v) is 6.29. The van der Waals surface area contributed by atoms with Crippen LogP contribution >= 0.6 is 0 Å². The molecule has 0 radical (unpaired) electrons. The molecule has 1 aliphatic carbocycles. The first-order chi connectivity index (χ1) is 15.2. The van der Waals surface area contributed by atoms with Crippen molar-refractivity contribution in [2.45, 2.75) is 44.3 Å². The Morgan fingerprint density at radius 1 is 1.00 bits per heavy atom. The molecule has 1 aliphatic heterocycles. The second kappa shape index (κ2) is 8.02. The van der Waals surface area contributed by atoms with E-state index in [4.69, 9.17) is 9.47 Å². The van der Waals surface area contributed by atoms with Gasteiger partial charge in [-0.3, -0.25) is 9.78 Å². The lowest BCUT2D eigenvalue weighted by Crippen LogP contribution is -2.50. The number of benzene rings is 1. The third kappa shape index (κ3) is 3.32. The smallest absolute Gasteiger partial charge is 0.273 e. The van der Waals surface area contributed by atoms with Crippen molar-refractivity contribution >= 4 is 5.91 Å². The average molecular weight is 419 g/mol. The van der Waals surface area contributed by atoms with E-state index in [2.05, 4.69) is 19.7 Å². The summed E-state index contributed by atoms with van der Waals surface area (Å²) in [4.78, 5) is 19.5. The Morgan fingerprint density at radius 3 is 2.55 bits per heavy atom. The first kappa shape index (κ1) is 19.5. The summed E-state index contributed by atoms with van der Waals surface area (Å²) in [7, 11) is 3.25. The average Bonchev–Trinajstić information content (AvgIpc) is 3.27. The van der Waals surface area contributed by atoms with Crippen molar-refractivity contribution in [3.05, 3.63) is 54.1 Å². The Balaban J connectivity index is 1.55. The molecule has 0 bridgehead atoms. The van der Waals surface area contributed by atoms with Gasteiger partial charge in [0.05, 0.1) is 32.8 Å². The van der Waals surface area contributed by atoms with Crippen molar-refractivity contribution in [3.63, 3.8) is 0 Å². The molecular formula is C23H25N5O3. The van der Waals surface area contributed by atoms with Crippen molar-refractivity contribution in [1.82, 2.24) is 24.6 Å². The number of aromatic nitrogens is 4. The van der Waals surface area contributed by atoms with E-state index in [1.54, 1.807) is 26.5 Å². The van der Waals surface area contributed by atoms with E-state index < -0.39 is 0 Å². The summed E-state index contributed by atoms with van der Waals surface area (Å²) < 4.78 is 13.1. The maximum Gasteiger partial charge on any atom is 0.273 e. The summed E-state index contributed by atoms with van der Waals surface area (Å²) in [5.74, 6) is 2.89. The van der Waals surface area contributed by atoms with Crippen molar-refractivity contribution < 1.29 is 14.3 Å². The number of carbonyl (C=O) groups excluding carboxylic acids is 1. The normalized spacial score (nSPS) is 20.0. The van der Waals surface area contributed by atoms with E-state index in [0.717, 1.165) is 42.9 Å². The molecule has 1 saturated carbocycles. The molecule has 31 heavy (non-hydrogen) atoms. The number of carbonyl (C=O) groups is 1. The van der Waals surface area contributed by atoms with Crippen LogP contribution in [0.4, 0.5) is 0 Å². The molecule has 1 amide bonds. The summed E-state index contributed by atoms with van der Waals surface area (Å²) in [6.45, 7) is 0.427. The van der Waals surface area contributed by atoms with E-state index >= 15 is 0 Å². The third-order valence-electron chi connectivity index (χ3n) is 6.29. The number of rotatable bonds is 4. The SMILES string of the molecule is COc1ccc(-c2nnc3n2[C@@H]2CCCC[C@H]2N(C(=O)c2ccccn2)C3)cc1OC. The fourth-order valence-corrected chi connectivity index (χ4v) is 4.84. The number of hydrogen-bond acceptors (Lipinski definition) is 6. The lowest BCUT2D eigenvalue weighted by Gasteiger charge is -2.44. The standard InChI is InChI=1S/C23H25N5O3/c1-30-19-11-10-15(13-20(19)31-2)22-26-25-21-14-27(23(29)16-7-5-6-12-24-16)17-8-3-4-9-18(17)28(21)22/h5-7,10-13,17-18H,3-4,8-9,14H2,1-2H3/t17-,18-/m1/s1. The number of methoxy groups -OCH3 is 2. The Labute approximate surface area is 180 Å².